The Balaban J connectivity index is 1.62. The van der Waals surface area contributed by atoms with Crippen molar-refractivity contribution in [3.63, 3.8) is 0 Å². The van der Waals surface area contributed by atoms with Crippen molar-refractivity contribution in [1.82, 2.24) is 9.80 Å². The molecule has 21 heavy (non-hydrogen) atoms. The molecule has 3 nitrogen and oxygen atoms in total. The van der Waals surface area contributed by atoms with Crippen LogP contribution in [0.5, 0.6) is 0 Å². The normalized spacial score (nSPS) is 21.0. The SMILES string of the molecule is Cc1cc(F)ccc1C(=O)N1CCC(N2CCCC2)CC1. The van der Waals surface area contributed by atoms with Gasteiger partial charge in [-0.3, -0.25) is 4.79 Å². The summed E-state index contributed by atoms with van der Waals surface area (Å²) in [6, 6.07) is 5.06. The standard InChI is InChI=1S/C17H23FN2O/c1-13-12-14(18)4-5-16(13)17(21)20-10-6-15(7-11-20)19-8-2-3-9-19/h4-5,12,15H,2-3,6-11H2,1H3. The maximum Gasteiger partial charge on any atom is 0.254 e. The number of aryl methyl sites for hydroxylation is 1. The minimum absolute atomic E-state index is 0.0485. The van der Waals surface area contributed by atoms with Crippen molar-refractivity contribution in [2.75, 3.05) is 26.2 Å². The van der Waals surface area contributed by atoms with Crippen LogP contribution in [0.1, 0.15) is 41.6 Å². The number of likely N-dealkylation sites (tertiary alicyclic amines) is 2. The number of rotatable bonds is 2. The summed E-state index contributed by atoms with van der Waals surface area (Å²) in [5, 5.41) is 0. The van der Waals surface area contributed by atoms with Crippen LogP contribution in [0, 0.1) is 12.7 Å². The Kier molecular flexibility index (Phi) is 4.24. The third kappa shape index (κ3) is 3.10. The molecule has 2 fully saturated rings. The fourth-order valence-corrected chi connectivity index (χ4v) is 3.58. The second-order valence-corrected chi connectivity index (χ2v) is 6.23. The van der Waals surface area contributed by atoms with Gasteiger partial charge in [-0.05, 0) is 69.5 Å². The minimum Gasteiger partial charge on any atom is -0.339 e. The molecule has 4 heteroatoms. The molecule has 3 rings (SSSR count). The van der Waals surface area contributed by atoms with Gasteiger partial charge in [0.2, 0.25) is 0 Å². The average molecular weight is 290 g/mol. The largest absolute Gasteiger partial charge is 0.339 e. The number of halogens is 1. The Bertz CT molecular complexity index is 518. The molecule has 2 heterocycles. The predicted octanol–water partition coefficient (Wildman–Crippen LogP) is 2.83. The van der Waals surface area contributed by atoms with E-state index >= 15 is 0 Å². The van der Waals surface area contributed by atoms with Crippen LogP contribution in [0.25, 0.3) is 0 Å². The number of benzene rings is 1. The Labute approximate surface area is 125 Å². The topological polar surface area (TPSA) is 23.6 Å². The smallest absolute Gasteiger partial charge is 0.254 e. The first kappa shape index (κ1) is 14.5. The van der Waals surface area contributed by atoms with E-state index in [1.807, 2.05) is 4.90 Å². The van der Waals surface area contributed by atoms with E-state index in [4.69, 9.17) is 0 Å². The summed E-state index contributed by atoms with van der Waals surface area (Å²) in [5.74, 6) is -0.232. The maximum atomic E-state index is 13.1. The first-order valence-corrected chi connectivity index (χ1v) is 7.94. The molecule has 0 bridgehead atoms. The third-order valence-electron chi connectivity index (χ3n) is 4.83. The first-order chi connectivity index (χ1) is 10.1. The van der Waals surface area contributed by atoms with Gasteiger partial charge in [0, 0.05) is 24.7 Å². The fourth-order valence-electron chi connectivity index (χ4n) is 3.58. The molecule has 0 aromatic heterocycles. The Morgan fingerprint density at radius 1 is 1.14 bits per heavy atom. The van der Waals surface area contributed by atoms with Gasteiger partial charge in [0.25, 0.3) is 5.91 Å². The Hall–Kier alpha value is -1.42. The van der Waals surface area contributed by atoms with Crippen molar-refractivity contribution in [1.29, 1.82) is 0 Å². The molecular formula is C17H23FN2O. The lowest BCUT2D eigenvalue weighted by Gasteiger charge is -2.36. The van der Waals surface area contributed by atoms with Crippen LogP contribution in [0.2, 0.25) is 0 Å². The molecule has 2 saturated heterocycles. The molecule has 2 aliphatic rings. The number of carbonyl (C=O) groups excluding carboxylic acids is 1. The second kappa shape index (κ2) is 6.14. The molecule has 0 atom stereocenters. The monoisotopic (exact) mass is 290 g/mol. The highest BCUT2D eigenvalue weighted by molar-refractivity contribution is 5.95. The summed E-state index contributed by atoms with van der Waals surface area (Å²) in [5.41, 5.74) is 1.36. The molecular weight excluding hydrogens is 267 g/mol. The Morgan fingerprint density at radius 3 is 2.43 bits per heavy atom. The zero-order valence-corrected chi connectivity index (χ0v) is 12.6. The quantitative estimate of drug-likeness (QED) is 0.836. The van der Waals surface area contributed by atoms with Crippen LogP contribution in [0.15, 0.2) is 18.2 Å². The highest BCUT2D eigenvalue weighted by Crippen LogP contribution is 2.23. The van der Waals surface area contributed by atoms with Crippen LogP contribution >= 0.6 is 0 Å². The van der Waals surface area contributed by atoms with E-state index in [0.717, 1.165) is 31.5 Å². The van der Waals surface area contributed by atoms with Crippen molar-refractivity contribution in [2.45, 2.75) is 38.6 Å². The van der Waals surface area contributed by atoms with Crippen molar-refractivity contribution >= 4 is 5.91 Å². The summed E-state index contributed by atoms with van der Waals surface area (Å²) in [7, 11) is 0. The van der Waals surface area contributed by atoms with Gasteiger partial charge >= 0.3 is 0 Å². The van der Waals surface area contributed by atoms with Gasteiger partial charge in [0.15, 0.2) is 0 Å². The van der Waals surface area contributed by atoms with Crippen molar-refractivity contribution < 1.29 is 9.18 Å². The van der Waals surface area contributed by atoms with Gasteiger partial charge in [-0.25, -0.2) is 4.39 Å². The van der Waals surface area contributed by atoms with Crippen LogP contribution in [0.4, 0.5) is 4.39 Å². The minimum atomic E-state index is -0.281. The number of piperidine rings is 1. The van der Waals surface area contributed by atoms with Gasteiger partial charge in [0.05, 0.1) is 0 Å². The molecule has 0 saturated carbocycles. The van der Waals surface area contributed by atoms with Crippen LogP contribution < -0.4 is 0 Å². The molecule has 0 N–H and O–H groups in total. The fraction of sp³-hybridized carbons (Fsp3) is 0.588. The number of carbonyl (C=O) groups is 1. The highest BCUT2D eigenvalue weighted by Gasteiger charge is 2.29. The predicted molar refractivity (Wildman–Crippen MR) is 80.9 cm³/mol. The molecule has 0 radical (unpaired) electrons. The number of hydrogen-bond acceptors (Lipinski definition) is 2. The van der Waals surface area contributed by atoms with E-state index < -0.39 is 0 Å². The van der Waals surface area contributed by atoms with Gasteiger partial charge in [-0.1, -0.05) is 0 Å². The molecule has 1 aromatic carbocycles. The van der Waals surface area contributed by atoms with Crippen molar-refractivity contribution in [3.8, 4) is 0 Å². The Morgan fingerprint density at radius 2 is 1.81 bits per heavy atom. The average Bonchev–Trinajstić information content (AvgIpc) is 3.01. The second-order valence-electron chi connectivity index (χ2n) is 6.23. The lowest BCUT2D eigenvalue weighted by molar-refractivity contribution is 0.0644. The van der Waals surface area contributed by atoms with Gasteiger partial charge in [-0.15, -0.1) is 0 Å². The van der Waals surface area contributed by atoms with Crippen molar-refractivity contribution in [2.24, 2.45) is 0 Å². The van der Waals surface area contributed by atoms with Crippen LogP contribution in [-0.4, -0.2) is 47.9 Å². The first-order valence-electron chi connectivity index (χ1n) is 7.94. The zero-order chi connectivity index (χ0) is 14.8. The summed E-state index contributed by atoms with van der Waals surface area (Å²) < 4.78 is 13.1. The van der Waals surface area contributed by atoms with Crippen molar-refractivity contribution in [3.05, 3.63) is 35.1 Å². The summed E-state index contributed by atoms with van der Waals surface area (Å²) in [6.07, 6.45) is 4.75. The number of nitrogens with zero attached hydrogens (tertiary/aromatic N) is 2. The molecule has 0 spiro atoms. The van der Waals surface area contributed by atoms with Gasteiger partial charge in [-0.2, -0.15) is 0 Å². The third-order valence-corrected chi connectivity index (χ3v) is 4.83. The van der Waals surface area contributed by atoms with E-state index in [1.54, 1.807) is 13.0 Å². The zero-order valence-electron chi connectivity index (χ0n) is 12.6. The summed E-state index contributed by atoms with van der Waals surface area (Å²) >= 11 is 0. The van der Waals surface area contributed by atoms with E-state index in [1.165, 1.54) is 38.1 Å². The number of hydrogen-bond donors (Lipinski definition) is 0. The van der Waals surface area contributed by atoms with Crippen LogP contribution in [-0.2, 0) is 0 Å². The lowest BCUT2D eigenvalue weighted by atomic mass is 10.0. The lowest BCUT2D eigenvalue weighted by Crippen LogP contribution is -2.46. The van der Waals surface area contributed by atoms with Crippen LogP contribution in [0.3, 0.4) is 0 Å². The molecule has 0 aliphatic carbocycles. The van der Waals surface area contributed by atoms with Gasteiger partial charge in [0.1, 0.15) is 5.82 Å². The maximum absolute atomic E-state index is 13.1. The van der Waals surface area contributed by atoms with E-state index in [2.05, 4.69) is 4.90 Å². The molecule has 114 valence electrons. The molecule has 2 aliphatic heterocycles. The highest BCUT2D eigenvalue weighted by atomic mass is 19.1. The van der Waals surface area contributed by atoms with E-state index in [9.17, 15) is 9.18 Å². The van der Waals surface area contributed by atoms with E-state index in [-0.39, 0.29) is 11.7 Å². The number of amides is 1. The summed E-state index contributed by atoms with van der Waals surface area (Å²) in [6.45, 7) is 5.87. The van der Waals surface area contributed by atoms with E-state index in [0.29, 0.717) is 11.6 Å². The van der Waals surface area contributed by atoms with Gasteiger partial charge < -0.3 is 9.80 Å². The molecule has 0 unspecified atom stereocenters. The summed E-state index contributed by atoms with van der Waals surface area (Å²) in [4.78, 5) is 17.0. The molecule has 1 amide bonds. The molecule has 1 aromatic rings.